The van der Waals surface area contributed by atoms with Crippen LogP contribution in [0.5, 0.6) is 5.75 Å². The second kappa shape index (κ2) is 4.06. The zero-order valence-electron chi connectivity index (χ0n) is 8.66. The van der Waals surface area contributed by atoms with E-state index in [2.05, 4.69) is 23.5 Å². The summed E-state index contributed by atoms with van der Waals surface area (Å²) in [5.74, 6) is 1.86. The van der Waals surface area contributed by atoms with E-state index >= 15 is 0 Å². The van der Waals surface area contributed by atoms with Gasteiger partial charge in [-0.05, 0) is 43.5 Å². The van der Waals surface area contributed by atoms with Crippen molar-refractivity contribution in [3.63, 3.8) is 0 Å². The van der Waals surface area contributed by atoms with E-state index in [4.69, 9.17) is 4.74 Å². The van der Waals surface area contributed by atoms with E-state index in [0.717, 1.165) is 18.1 Å². The fraction of sp³-hybridized carbons (Fsp3) is 0.500. The molecule has 0 radical (unpaired) electrons. The van der Waals surface area contributed by atoms with Crippen LogP contribution < -0.4 is 10.1 Å². The van der Waals surface area contributed by atoms with Crippen LogP contribution in [-0.2, 0) is 6.42 Å². The number of hydrogen-bond donors (Lipinski definition) is 1. The Morgan fingerprint density at radius 3 is 3.33 bits per heavy atom. The predicted molar refractivity (Wildman–Crippen MR) is 62.5 cm³/mol. The lowest BCUT2D eigenvalue weighted by Crippen LogP contribution is -2.23. The highest BCUT2D eigenvalue weighted by Gasteiger charge is 2.17. The molecule has 0 saturated carbocycles. The smallest absolute Gasteiger partial charge is 0.138 e. The van der Waals surface area contributed by atoms with Gasteiger partial charge in [0.15, 0.2) is 0 Å². The molecule has 2 aliphatic rings. The minimum absolute atomic E-state index is 0.678. The standard InChI is InChI=1S/C12H15NOS/c1-2-10(13-5-1)6-9-3-4-12-11(7-9)14-8-15-12/h3-4,7,10,13H,1-2,5-6,8H2. The molecule has 0 aromatic heterocycles. The molecule has 0 spiro atoms. The molecule has 1 fully saturated rings. The fourth-order valence-electron chi connectivity index (χ4n) is 2.28. The molecule has 1 saturated heterocycles. The van der Waals surface area contributed by atoms with E-state index in [1.807, 2.05) is 0 Å². The maximum atomic E-state index is 5.55. The summed E-state index contributed by atoms with van der Waals surface area (Å²) in [5, 5.41) is 3.53. The summed E-state index contributed by atoms with van der Waals surface area (Å²) < 4.78 is 5.55. The SMILES string of the molecule is c1cc2c(cc1CC1CCCN1)OCS2. The van der Waals surface area contributed by atoms with Crippen molar-refractivity contribution >= 4 is 11.8 Å². The van der Waals surface area contributed by atoms with Crippen LogP contribution in [0.4, 0.5) is 0 Å². The van der Waals surface area contributed by atoms with Crippen LogP contribution in [0.25, 0.3) is 0 Å². The third-order valence-electron chi connectivity index (χ3n) is 3.08. The zero-order chi connectivity index (χ0) is 10.1. The number of fused-ring (bicyclic) bond motifs is 1. The highest BCUT2D eigenvalue weighted by Crippen LogP contribution is 2.36. The van der Waals surface area contributed by atoms with Crippen LogP contribution in [0.15, 0.2) is 23.1 Å². The Bertz CT molecular complexity index is 361. The summed E-state index contributed by atoms with van der Waals surface area (Å²) in [5.41, 5.74) is 1.40. The second-order valence-corrected chi connectivity index (χ2v) is 5.15. The van der Waals surface area contributed by atoms with Gasteiger partial charge in [-0.15, -0.1) is 0 Å². The fourth-order valence-corrected chi connectivity index (χ4v) is 3.02. The van der Waals surface area contributed by atoms with Crippen molar-refractivity contribution in [1.29, 1.82) is 0 Å². The summed E-state index contributed by atoms with van der Waals surface area (Å²) in [6.07, 6.45) is 3.77. The van der Waals surface area contributed by atoms with Crippen LogP contribution in [0.3, 0.4) is 0 Å². The molecular formula is C12H15NOS. The third kappa shape index (κ3) is 1.99. The van der Waals surface area contributed by atoms with Crippen molar-refractivity contribution < 1.29 is 4.74 Å². The van der Waals surface area contributed by atoms with Gasteiger partial charge in [0, 0.05) is 6.04 Å². The topological polar surface area (TPSA) is 21.3 Å². The third-order valence-corrected chi connectivity index (χ3v) is 3.97. The molecule has 2 heterocycles. The van der Waals surface area contributed by atoms with Crippen LogP contribution >= 0.6 is 11.8 Å². The number of thioether (sulfide) groups is 1. The Kier molecular flexibility index (Phi) is 2.59. The van der Waals surface area contributed by atoms with Gasteiger partial charge >= 0.3 is 0 Å². The van der Waals surface area contributed by atoms with E-state index in [1.54, 1.807) is 11.8 Å². The molecule has 1 N–H and O–H groups in total. The zero-order valence-corrected chi connectivity index (χ0v) is 9.48. The van der Waals surface area contributed by atoms with Crippen molar-refractivity contribution in [3.8, 4) is 5.75 Å². The van der Waals surface area contributed by atoms with Gasteiger partial charge in [-0.25, -0.2) is 0 Å². The molecule has 0 aliphatic carbocycles. The lowest BCUT2D eigenvalue weighted by atomic mass is 10.0. The van der Waals surface area contributed by atoms with Crippen molar-refractivity contribution in [2.75, 3.05) is 12.5 Å². The quantitative estimate of drug-likeness (QED) is 0.828. The Morgan fingerprint density at radius 2 is 2.47 bits per heavy atom. The maximum absolute atomic E-state index is 5.55. The maximum Gasteiger partial charge on any atom is 0.138 e. The van der Waals surface area contributed by atoms with E-state index in [0.29, 0.717) is 6.04 Å². The molecule has 1 aromatic carbocycles. The number of rotatable bonds is 2. The summed E-state index contributed by atoms with van der Waals surface area (Å²) >= 11 is 1.78. The average Bonchev–Trinajstić information content (AvgIpc) is 2.87. The van der Waals surface area contributed by atoms with Gasteiger partial charge in [0.1, 0.15) is 11.7 Å². The number of ether oxygens (including phenoxy) is 1. The summed E-state index contributed by atoms with van der Waals surface area (Å²) in [6, 6.07) is 7.31. The molecule has 2 nitrogen and oxygen atoms in total. The highest BCUT2D eigenvalue weighted by molar-refractivity contribution is 7.99. The van der Waals surface area contributed by atoms with E-state index in [-0.39, 0.29) is 0 Å². The van der Waals surface area contributed by atoms with Crippen molar-refractivity contribution in [2.45, 2.75) is 30.2 Å². The monoisotopic (exact) mass is 221 g/mol. The van der Waals surface area contributed by atoms with Crippen molar-refractivity contribution in [1.82, 2.24) is 5.32 Å². The molecule has 0 amide bonds. The normalized spacial score (nSPS) is 23.9. The highest BCUT2D eigenvalue weighted by atomic mass is 32.2. The van der Waals surface area contributed by atoms with Crippen LogP contribution in [0.1, 0.15) is 18.4 Å². The second-order valence-electron chi connectivity index (χ2n) is 4.19. The lowest BCUT2D eigenvalue weighted by Gasteiger charge is -2.10. The number of benzene rings is 1. The molecule has 1 aromatic rings. The molecule has 0 bridgehead atoms. The first-order chi connectivity index (χ1) is 7.42. The van der Waals surface area contributed by atoms with Gasteiger partial charge in [-0.1, -0.05) is 17.8 Å². The first kappa shape index (κ1) is 9.55. The molecular weight excluding hydrogens is 206 g/mol. The molecule has 3 heteroatoms. The van der Waals surface area contributed by atoms with Gasteiger partial charge in [-0.2, -0.15) is 0 Å². The largest absolute Gasteiger partial charge is 0.481 e. The molecule has 2 aliphatic heterocycles. The Morgan fingerprint density at radius 1 is 1.47 bits per heavy atom. The van der Waals surface area contributed by atoms with Gasteiger partial charge in [-0.3, -0.25) is 0 Å². The van der Waals surface area contributed by atoms with E-state index in [9.17, 15) is 0 Å². The predicted octanol–water partition coefficient (Wildman–Crippen LogP) is 2.42. The lowest BCUT2D eigenvalue weighted by molar-refractivity contribution is 0.397. The minimum atomic E-state index is 0.678. The molecule has 80 valence electrons. The van der Waals surface area contributed by atoms with Gasteiger partial charge in [0.05, 0.1) is 4.90 Å². The molecule has 3 rings (SSSR count). The van der Waals surface area contributed by atoms with Crippen LogP contribution in [0, 0.1) is 0 Å². The average molecular weight is 221 g/mol. The van der Waals surface area contributed by atoms with E-state index in [1.165, 1.54) is 29.8 Å². The number of nitrogens with one attached hydrogen (secondary N) is 1. The Hall–Kier alpha value is -0.670. The van der Waals surface area contributed by atoms with Crippen LogP contribution in [0.2, 0.25) is 0 Å². The Labute approximate surface area is 94.4 Å². The number of hydrogen-bond acceptors (Lipinski definition) is 3. The summed E-state index contributed by atoms with van der Waals surface area (Å²) in [7, 11) is 0. The summed E-state index contributed by atoms with van der Waals surface area (Å²) in [4.78, 5) is 1.29. The summed E-state index contributed by atoms with van der Waals surface area (Å²) in [6.45, 7) is 1.18. The van der Waals surface area contributed by atoms with Gasteiger partial charge < -0.3 is 10.1 Å². The first-order valence-corrected chi connectivity index (χ1v) is 6.52. The van der Waals surface area contributed by atoms with Crippen LogP contribution in [-0.4, -0.2) is 18.5 Å². The van der Waals surface area contributed by atoms with Crippen molar-refractivity contribution in [2.24, 2.45) is 0 Å². The molecule has 1 unspecified atom stereocenters. The van der Waals surface area contributed by atoms with Gasteiger partial charge in [0.25, 0.3) is 0 Å². The minimum Gasteiger partial charge on any atom is -0.481 e. The van der Waals surface area contributed by atoms with Crippen molar-refractivity contribution in [3.05, 3.63) is 23.8 Å². The first-order valence-electron chi connectivity index (χ1n) is 5.54. The van der Waals surface area contributed by atoms with Gasteiger partial charge in [0.2, 0.25) is 0 Å². The molecule has 1 atom stereocenters. The Balaban J connectivity index is 1.75. The van der Waals surface area contributed by atoms with E-state index < -0.39 is 0 Å². The molecule has 15 heavy (non-hydrogen) atoms.